The van der Waals surface area contributed by atoms with Crippen LogP contribution in [-0.4, -0.2) is 41.6 Å². The standard InChI is InChI=1S/C19H23N3O4S/c1-12-10-16(21-26-12)20-19(24)14-2-6-22(7-3-14)17(23)11-15-18-13(4-8-25-15)5-9-27-18/h5,9-10,14-15H,2-4,6-8,11H2,1H3,(H,20,21,24)/t15-/m0/s1. The molecule has 1 fully saturated rings. The maximum absolute atomic E-state index is 12.7. The SMILES string of the molecule is Cc1cc(NC(=O)C2CCN(C(=O)C[C@@H]3OCCc4ccsc43)CC2)no1. The predicted molar refractivity (Wildman–Crippen MR) is 101 cm³/mol. The van der Waals surface area contributed by atoms with Gasteiger partial charge in [0.1, 0.15) is 11.9 Å². The number of carbonyl (C=O) groups excluding carboxylic acids is 2. The number of fused-ring (bicyclic) bond motifs is 1. The Morgan fingerprint density at radius 1 is 1.37 bits per heavy atom. The van der Waals surface area contributed by atoms with Crippen molar-refractivity contribution in [1.29, 1.82) is 0 Å². The number of likely N-dealkylation sites (tertiary alicyclic amines) is 1. The molecule has 7 nitrogen and oxygen atoms in total. The number of aryl methyl sites for hydroxylation is 1. The van der Waals surface area contributed by atoms with E-state index in [0.29, 0.717) is 50.5 Å². The summed E-state index contributed by atoms with van der Waals surface area (Å²) in [5, 5.41) is 8.64. The molecule has 1 atom stereocenters. The van der Waals surface area contributed by atoms with Crippen LogP contribution in [0.5, 0.6) is 0 Å². The van der Waals surface area contributed by atoms with Crippen LogP contribution in [0.15, 0.2) is 22.0 Å². The summed E-state index contributed by atoms with van der Waals surface area (Å²) >= 11 is 1.67. The number of anilines is 1. The molecule has 27 heavy (non-hydrogen) atoms. The van der Waals surface area contributed by atoms with Gasteiger partial charge in [0.2, 0.25) is 11.8 Å². The molecule has 0 unspecified atom stereocenters. The number of rotatable bonds is 4. The zero-order valence-corrected chi connectivity index (χ0v) is 16.1. The molecule has 0 aromatic carbocycles. The zero-order chi connectivity index (χ0) is 18.8. The molecule has 0 spiro atoms. The second kappa shape index (κ2) is 7.82. The van der Waals surface area contributed by atoms with Gasteiger partial charge in [0.05, 0.1) is 13.0 Å². The van der Waals surface area contributed by atoms with E-state index in [1.807, 2.05) is 4.90 Å². The van der Waals surface area contributed by atoms with E-state index < -0.39 is 0 Å². The Morgan fingerprint density at radius 3 is 2.93 bits per heavy atom. The van der Waals surface area contributed by atoms with Crippen molar-refractivity contribution in [3.8, 4) is 0 Å². The van der Waals surface area contributed by atoms with Gasteiger partial charge in [0.15, 0.2) is 5.82 Å². The summed E-state index contributed by atoms with van der Waals surface area (Å²) in [4.78, 5) is 28.1. The second-order valence-corrected chi connectivity index (χ2v) is 8.04. The van der Waals surface area contributed by atoms with E-state index in [1.54, 1.807) is 24.3 Å². The molecule has 0 radical (unpaired) electrons. The van der Waals surface area contributed by atoms with Crippen molar-refractivity contribution < 1.29 is 18.8 Å². The van der Waals surface area contributed by atoms with Gasteiger partial charge in [-0.15, -0.1) is 11.3 Å². The van der Waals surface area contributed by atoms with E-state index in [4.69, 9.17) is 9.26 Å². The highest BCUT2D eigenvalue weighted by molar-refractivity contribution is 7.10. The average molecular weight is 389 g/mol. The summed E-state index contributed by atoms with van der Waals surface area (Å²) < 4.78 is 10.8. The lowest BCUT2D eigenvalue weighted by atomic mass is 9.95. The summed E-state index contributed by atoms with van der Waals surface area (Å²) in [5.74, 6) is 1.03. The van der Waals surface area contributed by atoms with Crippen LogP contribution in [-0.2, 0) is 20.7 Å². The molecule has 4 heterocycles. The van der Waals surface area contributed by atoms with Crippen molar-refractivity contribution >= 4 is 29.0 Å². The van der Waals surface area contributed by atoms with E-state index in [0.717, 1.165) is 6.42 Å². The maximum atomic E-state index is 12.7. The Morgan fingerprint density at radius 2 is 2.19 bits per heavy atom. The first-order valence-corrected chi connectivity index (χ1v) is 10.2. The van der Waals surface area contributed by atoms with Gasteiger partial charge in [0.25, 0.3) is 0 Å². The molecule has 2 aromatic rings. The number of piperidine rings is 1. The van der Waals surface area contributed by atoms with Crippen molar-refractivity contribution in [3.63, 3.8) is 0 Å². The second-order valence-electron chi connectivity index (χ2n) is 7.09. The fourth-order valence-corrected chi connectivity index (χ4v) is 4.71. The Labute approximate surface area is 161 Å². The number of aromatic nitrogens is 1. The summed E-state index contributed by atoms with van der Waals surface area (Å²) in [5.41, 5.74) is 1.31. The Balaban J connectivity index is 1.28. The quantitative estimate of drug-likeness (QED) is 0.869. The van der Waals surface area contributed by atoms with Crippen LogP contribution in [0.4, 0.5) is 5.82 Å². The molecule has 2 aliphatic heterocycles. The summed E-state index contributed by atoms with van der Waals surface area (Å²) in [6.45, 7) is 3.64. The van der Waals surface area contributed by atoms with Gasteiger partial charge in [-0.2, -0.15) is 0 Å². The number of hydrogen-bond donors (Lipinski definition) is 1. The number of hydrogen-bond acceptors (Lipinski definition) is 6. The van der Waals surface area contributed by atoms with Gasteiger partial charge < -0.3 is 19.5 Å². The Kier molecular flexibility index (Phi) is 5.27. The van der Waals surface area contributed by atoms with Crippen molar-refractivity contribution in [2.75, 3.05) is 25.0 Å². The number of ether oxygens (including phenoxy) is 1. The van der Waals surface area contributed by atoms with Gasteiger partial charge >= 0.3 is 0 Å². The number of nitrogens with one attached hydrogen (secondary N) is 1. The first-order chi connectivity index (χ1) is 13.1. The highest BCUT2D eigenvalue weighted by atomic mass is 32.1. The normalized spacial score (nSPS) is 20.3. The summed E-state index contributed by atoms with van der Waals surface area (Å²) in [6.07, 6.45) is 2.49. The van der Waals surface area contributed by atoms with Crippen molar-refractivity contribution in [3.05, 3.63) is 33.7 Å². The Bertz CT molecular complexity index is 823. The molecule has 144 valence electrons. The molecule has 0 bridgehead atoms. The van der Waals surface area contributed by atoms with Crippen molar-refractivity contribution in [2.24, 2.45) is 5.92 Å². The largest absolute Gasteiger partial charge is 0.372 e. The summed E-state index contributed by atoms with van der Waals surface area (Å²) in [6, 6.07) is 3.82. The van der Waals surface area contributed by atoms with Crippen LogP contribution in [0.2, 0.25) is 0 Å². The molecule has 2 aliphatic rings. The van der Waals surface area contributed by atoms with E-state index >= 15 is 0 Å². The lowest BCUT2D eigenvalue weighted by molar-refractivity contribution is -0.137. The first kappa shape index (κ1) is 18.2. The fourth-order valence-electron chi connectivity index (χ4n) is 3.71. The third kappa shape index (κ3) is 4.06. The number of amides is 2. The van der Waals surface area contributed by atoms with E-state index in [2.05, 4.69) is 21.9 Å². The number of nitrogens with zero attached hydrogens (tertiary/aromatic N) is 2. The van der Waals surface area contributed by atoms with E-state index in [1.165, 1.54) is 10.4 Å². The minimum atomic E-state index is -0.127. The fraction of sp³-hybridized carbons (Fsp3) is 0.526. The molecule has 4 rings (SSSR count). The zero-order valence-electron chi connectivity index (χ0n) is 15.3. The van der Waals surface area contributed by atoms with Crippen LogP contribution in [0, 0.1) is 12.8 Å². The minimum Gasteiger partial charge on any atom is -0.372 e. The highest BCUT2D eigenvalue weighted by Crippen LogP contribution is 2.34. The average Bonchev–Trinajstić information content (AvgIpc) is 3.31. The maximum Gasteiger partial charge on any atom is 0.228 e. The van der Waals surface area contributed by atoms with Gasteiger partial charge in [-0.05, 0) is 43.2 Å². The van der Waals surface area contributed by atoms with Gasteiger partial charge in [-0.25, -0.2) is 0 Å². The minimum absolute atomic E-state index is 0.0609. The first-order valence-electron chi connectivity index (χ1n) is 9.30. The molecule has 8 heteroatoms. The molecule has 2 amide bonds. The monoisotopic (exact) mass is 389 g/mol. The van der Waals surface area contributed by atoms with Gasteiger partial charge in [-0.3, -0.25) is 9.59 Å². The van der Waals surface area contributed by atoms with Gasteiger partial charge in [-0.1, -0.05) is 5.16 Å². The molecular formula is C19H23N3O4S. The molecule has 0 aliphatic carbocycles. The molecule has 2 aromatic heterocycles. The van der Waals surface area contributed by atoms with Crippen LogP contribution in [0.25, 0.3) is 0 Å². The van der Waals surface area contributed by atoms with Crippen LogP contribution in [0.1, 0.15) is 41.6 Å². The third-order valence-electron chi connectivity index (χ3n) is 5.22. The van der Waals surface area contributed by atoms with Crippen LogP contribution >= 0.6 is 11.3 Å². The highest BCUT2D eigenvalue weighted by Gasteiger charge is 2.31. The number of thiophene rings is 1. The van der Waals surface area contributed by atoms with E-state index in [-0.39, 0.29) is 23.8 Å². The summed E-state index contributed by atoms with van der Waals surface area (Å²) in [7, 11) is 0. The Hall–Kier alpha value is -2.19. The lowest BCUT2D eigenvalue weighted by Gasteiger charge is -2.32. The molecule has 1 saturated heterocycles. The van der Waals surface area contributed by atoms with E-state index in [9.17, 15) is 9.59 Å². The lowest BCUT2D eigenvalue weighted by Crippen LogP contribution is -2.42. The third-order valence-corrected chi connectivity index (χ3v) is 6.27. The molecule has 0 saturated carbocycles. The predicted octanol–water partition coefficient (Wildman–Crippen LogP) is 2.93. The van der Waals surface area contributed by atoms with Crippen LogP contribution in [0.3, 0.4) is 0 Å². The van der Waals surface area contributed by atoms with Crippen molar-refractivity contribution in [2.45, 2.75) is 38.7 Å². The topological polar surface area (TPSA) is 84.7 Å². The molecule has 1 N–H and O–H groups in total. The smallest absolute Gasteiger partial charge is 0.228 e. The number of carbonyl (C=O) groups is 2. The van der Waals surface area contributed by atoms with Gasteiger partial charge in [0, 0.05) is 30.0 Å². The van der Waals surface area contributed by atoms with Crippen LogP contribution < -0.4 is 5.32 Å². The van der Waals surface area contributed by atoms with Crippen molar-refractivity contribution in [1.82, 2.24) is 10.1 Å². The molecular weight excluding hydrogens is 366 g/mol.